The smallest absolute Gasteiger partial charge is 0.201 e. The van der Waals surface area contributed by atoms with Crippen LogP contribution in [0.5, 0.6) is 0 Å². The lowest BCUT2D eigenvalue weighted by Gasteiger charge is -2.02. The molecule has 0 spiro atoms. The van der Waals surface area contributed by atoms with Crippen molar-refractivity contribution in [2.24, 2.45) is 7.05 Å². The highest BCUT2D eigenvalue weighted by Crippen LogP contribution is 2.18. The molecule has 0 atom stereocenters. The minimum atomic E-state index is 1.26. The van der Waals surface area contributed by atoms with E-state index < -0.39 is 0 Å². The summed E-state index contributed by atoms with van der Waals surface area (Å²) < 4.78 is 2.14. The molecule has 84 valence electrons. The molecular formula is C15H20N+. The number of aryl methyl sites for hydroxylation is 2. The van der Waals surface area contributed by atoms with Gasteiger partial charge in [-0.3, -0.25) is 0 Å². The highest BCUT2D eigenvalue weighted by molar-refractivity contribution is 5.60. The Morgan fingerprint density at radius 1 is 0.875 bits per heavy atom. The number of pyridine rings is 1. The molecule has 0 saturated heterocycles. The first kappa shape index (κ1) is 12.4. The highest BCUT2D eigenvalue weighted by atomic mass is 14.9. The monoisotopic (exact) mass is 214 g/mol. The van der Waals surface area contributed by atoms with E-state index in [4.69, 9.17) is 0 Å². The zero-order chi connectivity index (χ0) is 12.0. The molecule has 1 heterocycles. The number of rotatable bonds is 1. The Labute approximate surface area is 98.4 Å². The van der Waals surface area contributed by atoms with Crippen LogP contribution in [0.3, 0.4) is 0 Å². The Morgan fingerprint density at radius 2 is 1.50 bits per heavy atom. The summed E-state index contributed by atoms with van der Waals surface area (Å²) in [4.78, 5) is 0. The van der Waals surface area contributed by atoms with Gasteiger partial charge in [0.05, 0.1) is 0 Å². The van der Waals surface area contributed by atoms with Crippen molar-refractivity contribution in [1.82, 2.24) is 0 Å². The van der Waals surface area contributed by atoms with Crippen molar-refractivity contribution in [3.63, 3.8) is 0 Å². The SMILES string of the molecule is CC.Cc1ccccc1-c1cccc[n+]1C. The molecule has 0 bridgehead atoms. The summed E-state index contributed by atoms with van der Waals surface area (Å²) in [5.41, 5.74) is 3.87. The number of hydrogen-bond acceptors (Lipinski definition) is 0. The molecule has 0 unspecified atom stereocenters. The fourth-order valence-corrected chi connectivity index (χ4v) is 1.66. The molecule has 1 heteroatoms. The number of benzene rings is 1. The fraction of sp³-hybridized carbons (Fsp3) is 0.267. The lowest BCUT2D eigenvalue weighted by molar-refractivity contribution is -0.660. The van der Waals surface area contributed by atoms with Crippen LogP contribution in [-0.2, 0) is 7.05 Å². The van der Waals surface area contributed by atoms with E-state index in [-0.39, 0.29) is 0 Å². The van der Waals surface area contributed by atoms with Crippen LogP contribution in [0, 0.1) is 6.92 Å². The number of nitrogens with zero attached hydrogens (tertiary/aromatic N) is 1. The molecule has 0 aliphatic carbocycles. The van der Waals surface area contributed by atoms with Crippen LogP contribution in [-0.4, -0.2) is 0 Å². The van der Waals surface area contributed by atoms with Gasteiger partial charge in [-0.1, -0.05) is 32.0 Å². The second-order valence-electron chi connectivity index (χ2n) is 3.51. The van der Waals surface area contributed by atoms with Gasteiger partial charge in [0.1, 0.15) is 7.05 Å². The van der Waals surface area contributed by atoms with Crippen LogP contribution in [0.1, 0.15) is 19.4 Å². The molecule has 0 aliphatic rings. The minimum Gasteiger partial charge on any atom is -0.201 e. The topological polar surface area (TPSA) is 3.88 Å². The third-order valence-electron chi connectivity index (χ3n) is 2.48. The average molecular weight is 214 g/mol. The predicted molar refractivity (Wildman–Crippen MR) is 69.1 cm³/mol. The van der Waals surface area contributed by atoms with E-state index in [0.717, 1.165) is 0 Å². The van der Waals surface area contributed by atoms with Crippen LogP contribution in [0.2, 0.25) is 0 Å². The second-order valence-corrected chi connectivity index (χ2v) is 3.51. The molecule has 1 nitrogen and oxygen atoms in total. The van der Waals surface area contributed by atoms with Crippen LogP contribution in [0.4, 0.5) is 0 Å². The molecule has 0 fully saturated rings. The molecule has 16 heavy (non-hydrogen) atoms. The second kappa shape index (κ2) is 6.06. The molecule has 0 aliphatic heterocycles. The Kier molecular flexibility index (Phi) is 4.71. The third-order valence-corrected chi connectivity index (χ3v) is 2.48. The van der Waals surface area contributed by atoms with Crippen molar-refractivity contribution in [3.8, 4) is 11.3 Å². The van der Waals surface area contributed by atoms with E-state index in [0.29, 0.717) is 0 Å². The summed E-state index contributed by atoms with van der Waals surface area (Å²) in [6, 6.07) is 14.7. The Bertz CT molecular complexity index is 403. The quantitative estimate of drug-likeness (QED) is 0.640. The first-order valence-electron chi connectivity index (χ1n) is 5.80. The predicted octanol–water partition coefficient (Wildman–Crippen LogP) is 3.51. The van der Waals surface area contributed by atoms with Crippen molar-refractivity contribution in [2.75, 3.05) is 0 Å². The van der Waals surface area contributed by atoms with Crippen molar-refractivity contribution in [3.05, 3.63) is 54.2 Å². The van der Waals surface area contributed by atoms with E-state index >= 15 is 0 Å². The van der Waals surface area contributed by atoms with Crippen LogP contribution in [0.15, 0.2) is 48.7 Å². The molecule has 0 amide bonds. The van der Waals surface area contributed by atoms with E-state index in [2.05, 4.69) is 61.1 Å². The fourth-order valence-electron chi connectivity index (χ4n) is 1.66. The lowest BCUT2D eigenvalue weighted by atomic mass is 10.1. The van der Waals surface area contributed by atoms with Crippen molar-refractivity contribution < 1.29 is 4.57 Å². The van der Waals surface area contributed by atoms with E-state index in [1.807, 2.05) is 19.9 Å². The molecule has 0 saturated carbocycles. The summed E-state index contributed by atoms with van der Waals surface area (Å²) in [5.74, 6) is 0. The van der Waals surface area contributed by atoms with Gasteiger partial charge in [0.25, 0.3) is 0 Å². The largest absolute Gasteiger partial charge is 0.212 e. The lowest BCUT2D eigenvalue weighted by Crippen LogP contribution is -2.30. The molecule has 1 aromatic heterocycles. The van der Waals surface area contributed by atoms with Gasteiger partial charge < -0.3 is 0 Å². The van der Waals surface area contributed by atoms with Crippen LogP contribution >= 0.6 is 0 Å². The summed E-state index contributed by atoms with van der Waals surface area (Å²) in [6.07, 6.45) is 2.07. The van der Waals surface area contributed by atoms with E-state index in [1.54, 1.807) is 0 Å². The van der Waals surface area contributed by atoms with Gasteiger partial charge in [0.2, 0.25) is 5.69 Å². The molecule has 0 radical (unpaired) electrons. The maximum Gasteiger partial charge on any atom is 0.212 e. The number of aromatic nitrogens is 1. The van der Waals surface area contributed by atoms with Crippen molar-refractivity contribution in [1.29, 1.82) is 0 Å². The van der Waals surface area contributed by atoms with Crippen molar-refractivity contribution >= 4 is 0 Å². The summed E-state index contributed by atoms with van der Waals surface area (Å²) in [7, 11) is 2.07. The zero-order valence-electron chi connectivity index (χ0n) is 10.6. The summed E-state index contributed by atoms with van der Waals surface area (Å²) in [6.45, 7) is 6.14. The van der Waals surface area contributed by atoms with E-state index in [9.17, 15) is 0 Å². The van der Waals surface area contributed by atoms with E-state index in [1.165, 1.54) is 16.8 Å². The van der Waals surface area contributed by atoms with Gasteiger partial charge in [0.15, 0.2) is 6.20 Å². The molecule has 2 aromatic rings. The first-order valence-corrected chi connectivity index (χ1v) is 5.80. The minimum absolute atomic E-state index is 1.26. The Morgan fingerprint density at radius 3 is 2.12 bits per heavy atom. The Hall–Kier alpha value is -1.63. The number of hydrogen-bond donors (Lipinski definition) is 0. The Balaban J connectivity index is 0.000000606. The molecule has 0 N–H and O–H groups in total. The van der Waals surface area contributed by atoms with Gasteiger partial charge >= 0.3 is 0 Å². The highest BCUT2D eigenvalue weighted by Gasteiger charge is 2.09. The summed E-state index contributed by atoms with van der Waals surface area (Å²) >= 11 is 0. The molecule has 1 aromatic carbocycles. The first-order chi connectivity index (χ1) is 7.79. The maximum absolute atomic E-state index is 2.16. The maximum atomic E-state index is 2.16. The van der Waals surface area contributed by atoms with Gasteiger partial charge in [-0.25, -0.2) is 4.57 Å². The zero-order valence-corrected chi connectivity index (χ0v) is 10.6. The molecular weight excluding hydrogens is 194 g/mol. The molecule has 2 rings (SSSR count). The van der Waals surface area contributed by atoms with Crippen LogP contribution < -0.4 is 4.57 Å². The van der Waals surface area contributed by atoms with Gasteiger partial charge in [0, 0.05) is 17.7 Å². The van der Waals surface area contributed by atoms with Gasteiger partial charge in [-0.2, -0.15) is 0 Å². The van der Waals surface area contributed by atoms with Crippen molar-refractivity contribution in [2.45, 2.75) is 20.8 Å². The van der Waals surface area contributed by atoms with Gasteiger partial charge in [-0.05, 0) is 24.6 Å². The summed E-state index contributed by atoms with van der Waals surface area (Å²) in [5, 5.41) is 0. The average Bonchev–Trinajstić information content (AvgIpc) is 2.34. The normalized spacial score (nSPS) is 9.25. The van der Waals surface area contributed by atoms with Crippen LogP contribution in [0.25, 0.3) is 11.3 Å². The van der Waals surface area contributed by atoms with Gasteiger partial charge in [-0.15, -0.1) is 0 Å². The third kappa shape index (κ3) is 2.69. The standard InChI is InChI=1S/C13H14N.C2H6/c1-11-7-3-4-8-12(11)13-9-5-6-10-14(13)2;1-2/h3-10H,1-2H3;1-2H3/q+1;.